The van der Waals surface area contributed by atoms with E-state index in [-0.39, 0.29) is 13.0 Å². The van der Waals surface area contributed by atoms with Gasteiger partial charge in [-0.1, -0.05) is 90.5 Å². The van der Waals surface area contributed by atoms with Gasteiger partial charge in [0.25, 0.3) is 0 Å². The van der Waals surface area contributed by atoms with Crippen molar-refractivity contribution in [1.29, 1.82) is 0 Å². The van der Waals surface area contributed by atoms with Crippen molar-refractivity contribution in [2.45, 2.75) is 18.9 Å². The summed E-state index contributed by atoms with van der Waals surface area (Å²) in [6, 6.07) is 29.7. The van der Waals surface area contributed by atoms with Gasteiger partial charge in [0.2, 0.25) is 0 Å². The molecule has 3 aromatic rings. The van der Waals surface area contributed by atoms with Crippen LogP contribution in [-0.4, -0.2) is 70.5 Å². The molecule has 0 heterocycles. The summed E-state index contributed by atoms with van der Waals surface area (Å²) in [7, 11) is 0. The number of carboxylic acid groups (broad SMARTS) is 1. The second-order valence-electron chi connectivity index (χ2n) is 8.87. The maximum atomic E-state index is 10.4. The molecule has 0 spiro atoms. The largest absolute Gasteiger partial charge is 0.481 e. The third-order valence-electron chi connectivity index (χ3n) is 6.11. The highest BCUT2D eigenvalue weighted by Gasteiger charge is 2.35. The van der Waals surface area contributed by atoms with Crippen LogP contribution in [0.25, 0.3) is 0 Å². The van der Waals surface area contributed by atoms with Crippen molar-refractivity contribution in [3.8, 4) is 0 Å². The van der Waals surface area contributed by atoms with Gasteiger partial charge in [-0.2, -0.15) is 0 Å². The summed E-state index contributed by atoms with van der Waals surface area (Å²) in [6.45, 7) is 6.19. The fourth-order valence-electron chi connectivity index (χ4n) is 4.22. The minimum absolute atomic E-state index is 0.00405. The predicted octanol–water partition coefficient (Wildman–Crippen LogP) is 4.42. The van der Waals surface area contributed by atoms with Crippen LogP contribution in [0, 0.1) is 6.92 Å². The average molecular weight is 522 g/mol. The molecule has 0 unspecified atom stereocenters. The SMILES string of the molecule is Cc1ccc(C(NCCOCCOCCOCCOCCC(=O)O)(c2ccccc2)c2ccccc2)cc1. The summed E-state index contributed by atoms with van der Waals surface area (Å²) in [5.41, 5.74) is 4.24. The summed E-state index contributed by atoms with van der Waals surface area (Å²) in [5.74, 6) is -0.865. The Morgan fingerprint density at radius 3 is 1.53 bits per heavy atom. The molecule has 3 rings (SSSR count). The summed E-state index contributed by atoms with van der Waals surface area (Å²) in [4.78, 5) is 10.4. The third-order valence-corrected chi connectivity index (χ3v) is 6.11. The Kier molecular flexibility index (Phi) is 13.0. The number of hydrogen-bond acceptors (Lipinski definition) is 6. The topological polar surface area (TPSA) is 86.3 Å². The standard InChI is InChI=1S/C31H39NO6/c1-26-12-14-29(15-13-26)31(27-8-4-2-5-9-27,28-10-6-3-7-11-28)32-17-19-36-21-23-38-25-24-37-22-20-35-18-16-30(33)34/h2-15,32H,16-25H2,1H3,(H,33,34). The average Bonchev–Trinajstić information content (AvgIpc) is 2.94. The van der Waals surface area contributed by atoms with E-state index in [0.29, 0.717) is 52.8 Å². The molecule has 7 heteroatoms. The molecule has 0 fully saturated rings. The number of carboxylic acids is 1. The second kappa shape index (κ2) is 16.7. The van der Waals surface area contributed by atoms with E-state index in [2.05, 4.69) is 85.0 Å². The summed E-state index contributed by atoms with van der Waals surface area (Å²) in [6.07, 6.45) is 0.00405. The number of hydrogen-bond donors (Lipinski definition) is 2. The maximum absolute atomic E-state index is 10.4. The van der Waals surface area contributed by atoms with Gasteiger partial charge in [-0.3, -0.25) is 10.1 Å². The van der Waals surface area contributed by atoms with Gasteiger partial charge in [0, 0.05) is 6.54 Å². The summed E-state index contributed by atoms with van der Waals surface area (Å²) in [5, 5.41) is 12.4. The van der Waals surface area contributed by atoms with Crippen molar-refractivity contribution in [2.24, 2.45) is 0 Å². The zero-order chi connectivity index (χ0) is 26.9. The van der Waals surface area contributed by atoms with E-state index >= 15 is 0 Å². The van der Waals surface area contributed by atoms with E-state index in [1.54, 1.807) is 0 Å². The molecule has 0 radical (unpaired) electrons. The first kappa shape index (κ1) is 29.5. The van der Waals surface area contributed by atoms with Gasteiger partial charge >= 0.3 is 5.97 Å². The van der Waals surface area contributed by atoms with E-state index < -0.39 is 11.5 Å². The normalized spacial score (nSPS) is 11.5. The van der Waals surface area contributed by atoms with Crippen molar-refractivity contribution in [3.63, 3.8) is 0 Å². The van der Waals surface area contributed by atoms with Crippen molar-refractivity contribution in [1.82, 2.24) is 5.32 Å². The Balaban J connectivity index is 1.45. The number of ether oxygens (including phenoxy) is 4. The lowest BCUT2D eigenvalue weighted by atomic mass is 9.77. The number of nitrogens with one attached hydrogen (secondary N) is 1. The van der Waals surface area contributed by atoms with E-state index in [1.807, 2.05) is 12.1 Å². The minimum Gasteiger partial charge on any atom is -0.481 e. The zero-order valence-corrected chi connectivity index (χ0v) is 22.1. The van der Waals surface area contributed by atoms with Gasteiger partial charge in [-0.15, -0.1) is 0 Å². The third kappa shape index (κ3) is 9.35. The molecule has 204 valence electrons. The van der Waals surface area contributed by atoms with Gasteiger partial charge in [0.15, 0.2) is 0 Å². The molecule has 38 heavy (non-hydrogen) atoms. The van der Waals surface area contributed by atoms with Crippen molar-refractivity contribution >= 4 is 5.97 Å². The maximum Gasteiger partial charge on any atom is 0.305 e. The predicted molar refractivity (Wildman–Crippen MR) is 147 cm³/mol. The Hall–Kier alpha value is -3.07. The first-order chi connectivity index (χ1) is 18.6. The highest BCUT2D eigenvalue weighted by molar-refractivity contribution is 5.66. The minimum atomic E-state index is -0.865. The lowest BCUT2D eigenvalue weighted by Gasteiger charge is -2.37. The van der Waals surface area contributed by atoms with Crippen LogP contribution in [0.5, 0.6) is 0 Å². The summed E-state index contributed by atoms with van der Waals surface area (Å²) < 4.78 is 22.0. The van der Waals surface area contributed by atoms with E-state index in [4.69, 9.17) is 24.1 Å². The second-order valence-corrected chi connectivity index (χ2v) is 8.87. The summed E-state index contributed by atoms with van der Waals surface area (Å²) >= 11 is 0. The molecule has 0 aliphatic carbocycles. The lowest BCUT2D eigenvalue weighted by Crippen LogP contribution is -2.46. The molecule has 0 aromatic heterocycles. The van der Waals surface area contributed by atoms with E-state index in [9.17, 15) is 4.79 Å². The molecule has 0 aliphatic heterocycles. The molecule has 0 saturated carbocycles. The van der Waals surface area contributed by atoms with Crippen LogP contribution in [0.2, 0.25) is 0 Å². The molecular weight excluding hydrogens is 482 g/mol. The number of aryl methyl sites for hydroxylation is 1. The first-order valence-electron chi connectivity index (χ1n) is 13.1. The Morgan fingerprint density at radius 2 is 1.05 bits per heavy atom. The van der Waals surface area contributed by atoms with Crippen molar-refractivity contribution in [2.75, 3.05) is 59.4 Å². The van der Waals surface area contributed by atoms with E-state index in [1.165, 1.54) is 22.3 Å². The van der Waals surface area contributed by atoms with Crippen LogP contribution < -0.4 is 5.32 Å². The van der Waals surface area contributed by atoms with Crippen LogP contribution in [-0.2, 0) is 29.3 Å². The molecule has 0 atom stereocenters. The quantitative estimate of drug-likeness (QED) is 0.178. The Bertz CT molecular complexity index is 1000. The first-order valence-corrected chi connectivity index (χ1v) is 13.1. The molecular formula is C31H39NO6. The molecule has 0 saturated heterocycles. The van der Waals surface area contributed by atoms with Gasteiger partial charge in [0.05, 0.1) is 64.8 Å². The van der Waals surface area contributed by atoms with Crippen molar-refractivity contribution < 1.29 is 28.8 Å². The smallest absolute Gasteiger partial charge is 0.305 e. The van der Waals surface area contributed by atoms with Gasteiger partial charge in [-0.25, -0.2) is 0 Å². The van der Waals surface area contributed by atoms with E-state index in [0.717, 1.165) is 0 Å². The Labute approximate surface area is 225 Å². The lowest BCUT2D eigenvalue weighted by molar-refractivity contribution is -0.138. The molecule has 0 aliphatic rings. The van der Waals surface area contributed by atoms with Crippen LogP contribution in [0.1, 0.15) is 28.7 Å². The highest BCUT2D eigenvalue weighted by Crippen LogP contribution is 2.36. The Morgan fingerprint density at radius 1 is 0.632 bits per heavy atom. The zero-order valence-electron chi connectivity index (χ0n) is 22.1. The number of aliphatic carboxylic acids is 1. The fourth-order valence-corrected chi connectivity index (χ4v) is 4.22. The van der Waals surface area contributed by atoms with Crippen molar-refractivity contribution in [3.05, 3.63) is 107 Å². The van der Waals surface area contributed by atoms with Gasteiger partial charge in [-0.05, 0) is 23.6 Å². The van der Waals surface area contributed by atoms with Crippen LogP contribution in [0.3, 0.4) is 0 Å². The highest BCUT2D eigenvalue weighted by atomic mass is 16.6. The molecule has 0 bridgehead atoms. The number of carbonyl (C=O) groups is 1. The molecule has 7 nitrogen and oxygen atoms in total. The van der Waals surface area contributed by atoms with Gasteiger partial charge in [0.1, 0.15) is 0 Å². The monoisotopic (exact) mass is 521 g/mol. The fraction of sp³-hybridized carbons (Fsp3) is 0.387. The molecule has 3 aromatic carbocycles. The molecule has 2 N–H and O–H groups in total. The van der Waals surface area contributed by atoms with Crippen LogP contribution >= 0.6 is 0 Å². The number of benzene rings is 3. The molecule has 0 amide bonds. The van der Waals surface area contributed by atoms with Gasteiger partial charge < -0.3 is 24.1 Å². The number of rotatable bonds is 19. The van der Waals surface area contributed by atoms with Crippen LogP contribution in [0.15, 0.2) is 84.9 Å². The van der Waals surface area contributed by atoms with Crippen LogP contribution in [0.4, 0.5) is 0 Å².